The number of ether oxygens (including phenoxy) is 15. The number of aliphatic imine (C=N–C) groups is 2. The quantitative estimate of drug-likeness (QED) is 0.00671. The maximum Gasteiger partial charge on any atom is 0.515 e. The monoisotopic (exact) mass is 1430 g/mol. The summed E-state index contributed by atoms with van der Waals surface area (Å²) in [5.74, 6) is -3.82. The van der Waals surface area contributed by atoms with E-state index < -0.39 is 102 Å². The van der Waals surface area contributed by atoms with Crippen molar-refractivity contribution in [3.8, 4) is 23.0 Å². The minimum atomic E-state index is -2.24. The van der Waals surface area contributed by atoms with E-state index in [4.69, 9.17) is 143 Å². The fourth-order valence-electron chi connectivity index (χ4n) is 5.93. The van der Waals surface area contributed by atoms with Crippen molar-refractivity contribution in [3.63, 3.8) is 0 Å². The Morgan fingerprint density at radius 2 is 0.624 bits per heavy atom. The van der Waals surface area contributed by atoms with Gasteiger partial charge < -0.3 is 82.5 Å². The number of rotatable bonds is 32. The summed E-state index contributed by atoms with van der Waals surface area (Å²) in [5.41, 5.74) is 13.0. The Labute approximate surface area is 559 Å². The Morgan fingerprint density at radius 3 is 0.839 bits per heavy atom. The standard InChI is InChI=1S/C26H24N2O12.C24H28N2O10.C4H8O.C3Cl6O3/c29-15-27-19-5-9-21(10-6-19)35-13-25(33)39-17-37-23(31)3-1-2-4-24(32)38-18-40-26(34)14-36-22-11-7-20(8-12-22)28-16-30;25-17-5-9-19(10-6-17)31-13-23(29)35-15-33-21(27)3-1-2-4-22(28)34-16-36-24(30)14-32-20-11-7-18(26)8-12-20;1-2-4-5-3-1;4-2(5,6)11-1(10)12-3(7,8)9/h5-12H,1-4,13-14,17-18H2;5-12H,1-4,13-16,25-26H2;1-4H2;. The summed E-state index contributed by atoms with van der Waals surface area (Å²) in [4.78, 5) is 131. The number of benzene rings is 4. The van der Waals surface area contributed by atoms with Gasteiger partial charge in [0.25, 0.3) is 0 Å². The summed E-state index contributed by atoms with van der Waals surface area (Å²) in [6.07, 6.45) is 5.24. The summed E-state index contributed by atoms with van der Waals surface area (Å²) < 4.78 is 67.4. The molecular formula is C57H60Cl6N4O26. The molecule has 1 aliphatic rings. The Morgan fingerprint density at radius 1 is 0.387 bits per heavy atom. The van der Waals surface area contributed by atoms with E-state index in [2.05, 4.69) is 19.5 Å². The predicted molar refractivity (Wildman–Crippen MR) is 325 cm³/mol. The maximum absolute atomic E-state index is 11.7. The van der Waals surface area contributed by atoms with Gasteiger partial charge in [0.2, 0.25) is 39.3 Å². The van der Waals surface area contributed by atoms with Crippen molar-refractivity contribution in [2.45, 2.75) is 72.2 Å². The number of hydrogen-bond donors (Lipinski definition) is 2. The molecule has 0 unspecified atom stereocenters. The average Bonchev–Trinajstić information content (AvgIpc) is 3.87. The second kappa shape index (κ2) is 47.1. The zero-order valence-corrected chi connectivity index (χ0v) is 53.3. The number of nitrogen functional groups attached to an aromatic ring is 2. The summed E-state index contributed by atoms with van der Waals surface area (Å²) in [6.45, 7) is -1.83. The number of carbonyl (C=O) groups is 9. The molecule has 506 valence electrons. The van der Waals surface area contributed by atoms with Crippen LogP contribution in [0.5, 0.6) is 23.0 Å². The van der Waals surface area contributed by atoms with Crippen molar-refractivity contribution >= 4 is 158 Å². The van der Waals surface area contributed by atoms with Gasteiger partial charge in [-0.1, -0.05) is 0 Å². The molecule has 0 saturated carbocycles. The number of isocyanates is 2. The van der Waals surface area contributed by atoms with E-state index in [9.17, 15) is 52.7 Å². The van der Waals surface area contributed by atoms with Crippen LogP contribution in [-0.2, 0) is 100 Å². The Bertz CT molecular complexity index is 2840. The summed E-state index contributed by atoms with van der Waals surface area (Å²) in [5, 5.41) is 0. The second-order valence-electron chi connectivity index (χ2n) is 17.4. The van der Waals surface area contributed by atoms with Gasteiger partial charge in [-0.05, 0) is 205 Å². The fourth-order valence-corrected chi connectivity index (χ4v) is 6.31. The van der Waals surface area contributed by atoms with Gasteiger partial charge in [0.05, 0.1) is 11.4 Å². The van der Waals surface area contributed by atoms with Crippen molar-refractivity contribution < 1.29 is 124 Å². The summed E-state index contributed by atoms with van der Waals surface area (Å²) in [6, 6.07) is 24.9. The van der Waals surface area contributed by atoms with E-state index in [1.807, 2.05) is 0 Å². The fraction of sp³-hybridized carbons (Fsp3) is 0.386. The minimum absolute atomic E-state index is 0.0181. The van der Waals surface area contributed by atoms with Gasteiger partial charge in [-0.25, -0.2) is 33.6 Å². The van der Waals surface area contributed by atoms with Gasteiger partial charge in [0.15, 0.2) is 26.4 Å². The molecule has 36 heteroatoms. The van der Waals surface area contributed by atoms with Crippen LogP contribution in [0.25, 0.3) is 0 Å². The van der Waals surface area contributed by atoms with Gasteiger partial charge in [0, 0.05) is 50.3 Å². The molecular weight excluding hydrogens is 1370 g/mol. The van der Waals surface area contributed by atoms with Crippen LogP contribution >= 0.6 is 69.6 Å². The van der Waals surface area contributed by atoms with Crippen molar-refractivity contribution in [1.29, 1.82) is 0 Å². The van der Waals surface area contributed by atoms with E-state index in [1.54, 1.807) is 48.5 Å². The number of carbonyl (C=O) groups excluding carboxylic acids is 11. The largest absolute Gasteiger partial charge is 0.515 e. The highest BCUT2D eigenvalue weighted by Crippen LogP contribution is 2.32. The SMILES string of the molecule is C1CCOC1.Nc1ccc(OCC(=O)OCOC(=O)CCCCC(=O)OCOC(=O)COc2ccc(N)cc2)cc1.O=C(OC(Cl)(Cl)Cl)OC(Cl)(Cl)Cl.O=C=Nc1ccc(OCC(=O)OCOC(=O)CCCCC(=O)OCOC(=O)COc2ccc(N=C=O)cc2)cc1. The number of nitrogens with zero attached hydrogens (tertiary/aromatic N) is 2. The first-order valence-corrected chi connectivity index (χ1v) is 29.0. The average molecular weight is 1430 g/mol. The van der Waals surface area contributed by atoms with E-state index in [-0.39, 0.29) is 38.9 Å². The first-order valence-electron chi connectivity index (χ1n) is 26.8. The van der Waals surface area contributed by atoms with Crippen LogP contribution in [-0.4, -0.2) is 141 Å². The summed E-state index contributed by atoms with van der Waals surface area (Å²) >= 11 is 30.2. The van der Waals surface area contributed by atoms with E-state index >= 15 is 0 Å². The van der Waals surface area contributed by atoms with Crippen LogP contribution in [0.15, 0.2) is 107 Å². The molecule has 1 heterocycles. The Kier molecular flexibility index (Phi) is 40.7. The Balaban J connectivity index is 0.000000506. The highest BCUT2D eigenvalue weighted by atomic mass is 35.6. The number of unbranched alkanes of at least 4 members (excludes halogenated alkanes) is 2. The lowest BCUT2D eigenvalue weighted by molar-refractivity contribution is -0.171. The van der Waals surface area contributed by atoms with Crippen LogP contribution in [0, 0.1) is 0 Å². The zero-order valence-electron chi connectivity index (χ0n) is 48.8. The molecule has 0 bridgehead atoms. The lowest BCUT2D eigenvalue weighted by Gasteiger charge is -2.15. The number of anilines is 2. The van der Waals surface area contributed by atoms with Gasteiger partial charge in [-0.2, -0.15) is 9.98 Å². The first-order chi connectivity index (χ1) is 44.3. The van der Waals surface area contributed by atoms with Gasteiger partial charge in [0.1, 0.15) is 23.0 Å². The normalized spacial score (nSPS) is 11.0. The highest BCUT2D eigenvalue weighted by Gasteiger charge is 2.32. The molecule has 4 aromatic rings. The minimum Gasteiger partial charge on any atom is -0.482 e. The summed E-state index contributed by atoms with van der Waals surface area (Å²) in [7, 11) is 0. The molecule has 5 rings (SSSR count). The van der Waals surface area contributed by atoms with Crippen LogP contribution in [0.2, 0.25) is 0 Å². The van der Waals surface area contributed by atoms with Gasteiger partial charge >= 0.3 is 61.9 Å². The van der Waals surface area contributed by atoms with Crippen molar-refractivity contribution in [2.24, 2.45) is 9.98 Å². The van der Waals surface area contributed by atoms with Crippen molar-refractivity contribution in [1.82, 2.24) is 0 Å². The molecule has 0 aliphatic carbocycles. The lowest BCUT2D eigenvalue weighted by Crippen LogP contribution is -2.22. The molecule has 93 heavy (non-hydrogen) atoms. The van der Waals surface area contributed by atoms with Crippen LogP contribution in [0.1, 0.15) is 64.2 Å². The van der Waals surface area contributed by atoms with Gasteiger partial charge in [-0.3, -0.25) is 19.2 Å². The first kappa shape index (κ1) is 80.3. The van der Waals surface area contributed by atoms with E-state index in [0.717, 1.165) is 13.2 Å². The van der Waals surface area contributed by atoms with Crippen molar-refractivity contribution in [2.75, 3.05) is 78.3 Å². The third-order valence-electron chi connectivity index (χ3n) is 10.2. The maximum atomic E-state index is 11.7. The molecule has 4 N–H and O–H groups in total. The number of nitrogens with two attached hydrogens (primary N) is 2. The lowest BCUT2D eigenvalue weighted by atomic mass is 10.2. The second-order valence-corrected chi connectivity index (χ2v) is 21.7. The zero-order chi connectivity index (χ0) is 68.7. The van der Waals surface area contributed by atoms with Crippen LogP contribution < -0.4 is 30.4 Å². The number of hydrogen-bond acceptors (Lipinski definition) is 30. The highest BCUT2D eigenvalue weighted by molar-refractivity contribution is 6.67. The number of esters is 8. The number of alkyl halides is 6. The van der Waals surface area contributed by atoms with Crippen LogP contribution in [0.3, 0.4) is 0 Å². The molecule has 0 radical (unpaired) electrons. The van der Waals surface area contributed by atoms with E-state index in [1.165, 1.54) is 73.5 Å². The molecule has 0 spiro atoms. The molecule has 30 nitrogen and oxygen atoms in total. The molecule has 1 fully saturated rings. The van der Waals surface area contributed by atoms with E-state index in [0.29, 0.717) is 71.4 Å². The van der Waals surface area contributed by atoms with Crippen LogP contribution in [0.4, 0.5) is 27.5 Å². The Hall–Kier alpha value is -8.83. The molecule has 0 atom stereocenters. The van der Waals surface area contributed by atoms with Gasteiger partial charge in [-0.15, -0.1) is 0 Å². The molecule has 4 aromatic carbocycles. The molecule has 0 amide bonds. The number of halogens is 6. The molecule has 1 aliphatic heterocycles. The molecule has 1 saturated heterocycles. The third kappa shape index (κ3) is 45.1. The third-order valence-corrected chi connectivity index (χ3v) is 10.7. The smallest absolute Gasteiger partial charge is 0.482 e. The topological polar surface area (TPSA) is 403 Å². The molecule has 0 aromatic heterocycles. The van der Waals surface area contributed by atoms with Crippen molar-refractivity contribution in [3.05, 3.63) is 97.1 Å². The predicted octanol–water partition coefficient (Wildman–Crippen LogP) is 9.28.